The molecule has 0 unspecified atom stereocenters. The molecule has 0 heterocycles. The van der Waals surface area contributed by atoms with Gasteiger partial charge in [-0.05, 0) is 32.3 Å². The summed E-state index contributed by atoms with van der Waals surface area (Å²) in [6, 6.07) is 8.31. The fourth-order valence-electron chi connectivity index (χ4n) is 3.07. The second kappa shape index (κ2) is 3.86. The average Bonchev–Trinajstić information content (AvgIpc) is 2.58. The van der Waals surface area contributed by atoms with Crippen molar-refractivity contribution in [2.24, 2.45) is 5.41 Å². The number of aryl methyl sites for hydroxylation is 1. The van der Waals surface area contributed by atoms with Crippen LogP contribution in [0.15, 0.2) is 24.3 Å². The van der Waals surface area contributed by atoms with E-state index in [-0.39, 0.29) is 5.41 Å². The second-order valence-corrected chi connectivity index (χ2v) is 5.69. The lowest BCUT2D eigenvalue weighted by atomic mass is 9.64. The molecular weight excluding hydrogens is 212 g/mol. The van der Waals surface area contributed by atoms with E-state index in [2.05, 4.69) is 38.1 Å². The molecule has 0 bridgehead atoms. The first kappa shape index (κ1) is 12.2. The summed E-state index contributed by atoms with van der Waals surface area (Å²) in [5.74, 6) is -0.668. The van der Waals surface area contributed by atoms with E-state index in [1.54, 1.807) is 0 Å². The van der Waals surface area contributed by atoms with Gasteiger partial charge in [0.15, 0.2) is 0 Å². The Bertz CT molecular complexity index is 435. The molecule has 2 rings (SSSR count). The number of rotatable bonds is 2. The van der Waals surface area contributed by atoms with Crippen molar-refractivity contribution in [1.29, 1.82) is 0 Å². The van der Waals surface area contributed by atoms with Crippen molar-refractivity contribution in [2.45, 2.75) is 45.4 Å². The Morgan fingerprint density at radius 3 is 2.29 bits per heavy atom. The van der Waals surface area contributed by atoms with Gasteiger partial charge in [0.25, 0.3) is 0 Å². The van der Waals surface area contributed by atoms with Gasteiger partial charge in [-0.15, -0.1) is 0 Å². The van der Waals surface area contributed by atoms with E-state index < -0.39 is 11.4 Å². The molecule has 0 spiro atoms. The van der Waals surface area contributed by atoms with Crippen LogP contribution in [-0.4, -0.2) is 11.1 Å². The van der Waals surface area contributed by atoms with Gasteiger partial charge in [0.2, 0.25) is 0 Å². The highest BCUT2D eigenvalue weighted by atomic mass is 16.4. The fourth-order valence-corrected chi connectivity index (χ4v) is 3.07. The van der Waals surface area contributed by atoms with Crippen molar-refractivity contribution < 1.29 is 9.90 Å². The first-order valence-electron chi connectivity index (χ1n) is 6.21. The minimum absolute atomic E-state index is 0.244. The zero-order chi connectivity index (χ0) is 12.7. The summed E-state index contributed by atoms with van der Waals surface area (Å²) in [5.41, 5.74) is 1.49. The van der Waals surface area contributed by atoms with Gasteiger partial charge >= 0.3 is 5.97 Å². The summed E-state index contributed by atoms with van der Waals surface area (Å²) in [6.45, 7) is 6.04. The van der Waals surface area contributed by atoms with E-state index in [4.69, 9.17) is 0 Å². The third kappa shape index (κ3) is 1.67. The number of benzene rings is 1. The van der Waals surface area contributed by atoms with Gasteiger partial charge in [0.1, 0.15) is 0 Å². The average molecular weight is 232 g/mol. The van der Waals surface area contributed by atoms with Gasteiger partial charge in [-0.2, -0.15) is 0 Å². The molecule has 1 aromatic rings. The van der Waals surface area contributed by atoms with Crippen molar-refractivity contribution in [3.63, 3.8) is 0 Å². The minimum atomic E-state index is -0.668. The lowest BCUT2D eigenvalue weighted by Gasteiger charge is -2.38. The van der Waals surface area contributed by atoms with E-state index in [0.29, 0.717) is 0 Å². The largest absolute Gasteiger partial charge is 0.481 e. The first-order valence-corrected chi connectivity index (χ1v) is 6.21. The van der Waals surface area contributed by atoms with Gasteiger partial charge in [-0.1, -0.05) is 43.2 Å². The molecule has 1 aliphatic carbocycles. The van der Waals surface area contributed by atoms with Crippen LogP contribution in [0.4, 0.5) is 0 Å². The topological polar surface area (TPSA) is 37.3 Å². The highest BCUT2D eigenvalue weighted by Crippen LogP contribution is 2.54. The summed E-state index contributed by atoms with van der Waals surface area (Å²) in [7, 11) is 0. The highest BCUT2D eigenvalue weighted by molar-refractivity contribution is 5.77. The Hall–Kier alpha value is -1.31. The Kier molecular flexibility index (Phi) is 2.76. The molecule has 1 aliphatic rings. The monoisotopic (exact) mass is 232 g/mol. The minimum Gasteiger partial charge on any atom is -0.481 e. The number of hydrogen-bond donors (Lipinski definition) is 1. The molecule has 2 atom stereocenters. The lowest BCUT2D eigenvalue weighted by Crippen LogP contribution is -2.42. The van der Waals surface area contributed by atoms with Crippen molar-refractivity contribution in [1.82, 2.24) is 0 Å². The Labute approximate surface area is 103 Å². The Morgan fingerprint density at radius 1 is 1.18 bits per heavy atom. The second-order valence-electron chi connectivity index (χ2n) is 5.69. The predicted molar refractivity (Wildman–Crippen MR) is 68.1 cm³/mol. The van der Waals surface area contributed by atoms with Crippen LogP contribution in [0.25, 0.3) is 0 Å². The summed E-state index contributed by atoms with van der Waals surface area (Å²) < 4.78 is 0. The molecule has 0 saturated heterocycles. The number of hydrogen-bond acceptors (Lipinski definition) is 1. The van der Waals surface area contributed by atoms with E-state index in [0.717, 1.165) is 24.8 Å². The molecule has 0 aromatic heterocycles. The number of aliphatic carboxylic acids is 1. The Balaban J connectivity index is 2.48. The summed E-state index contributed by atoms with van der Waals surface area (Å²) in [5, 5.41) is 9.52. The number of carboxylic acid groups (broad SMARTS) is 1. The molecule has 0 radical (unpaired) electrons. The van der Waals surface area contributed by atoms with Crippen LogP contribution in [0.2, 0.25) is 0 Å². The molecule has 2 nitrogen and oxygen atoms in total. The molecule has 2 heteroatoms. The number of carboxylic acids is 1. The lowest BCUT2D eigenvalue weighted by molar-refractivity contribution is -0.150. The fraction of sp³-hybridized carbons (Fsp3) is 0.533. The van der Waals surface area contributed by atoms with Crippen molar-refractivity contribution in [3.05, 3.63) is 35.4 Å². The number of carbonyl (C=O) groups is 1. The maximum atomic E-state index is 11.6. The quantitative estimate of drug-likeness (QED) is 0.847. The summed E-state index contributed by atoms with van der Waals surface area (Å²) in [4.78, 5) is 11.6. The standard InChI is InChI=1S/C15H20O2/c1-11-5-7-12(8-6-11)14(2)9-4-10-15(14,3)13(16)17/h5-8H,4,9-10H2,1-3H3,(H,16,17)/t14-,15-/m0/s1. The van der Waals surface area contributed by atoms with Gasteiger partial charge < -0.3 is 5.11 Å². The maximum Gasteiger partial charge on any atom is 0.310 e. The molecule has 0 aliphatic heterocycles. The van der Waals surface area contributed by atoms with Crippen LogP contribution in [0.3, 0.4) is 0 Å². The third-order valence-electron chi connectivity index (χ3n) is 4.73. The molecule has 1 fully saturated rings. The van der Waals surface area contributed by atoms with Crippen molar-refractivity contribution in [2.75, 3.05) is 0 Å². The van der Waals surface area contributed by atoms with Gasteiger partial charge in [0, 0.05) is 5.41 Å². The molecule has 1 N–H and O–H groups in total. The first-order chi connectivity index (χ1) is 7.90. The van der Waals surface area contributed by atoms with E-state index in [1.807, 2.05) is 6.92 Å². The molecule has 1 saturated carbocycles. The molecule has 92 valence electrons. The van der Waals surface area contributed by atoms with Gasteiger partial charge in [-0.25, -0.2) is 0 Å². The van der Waals surface area contributed by atoms with Crippen LogP contribution in [0.5, 0.6) is 0 Å². The SMILES string of the molecule is Cc1ccc([C@]2(C)CCC[C@@]2(C)C(=O)O)cc1. The normalized spacial score (nSPS) is 32.6. The van der Waals surface area contributed by atoms with Crippen LogP contribution >= 0.6 is 0 Å². The van der Waals surface area contributed by atoms with Crippen LogP contribution in [0.1, 0.15) is 44.2 Å². The summed E-state index contributed by atoms with van der Waals surface area (Å²) >= 11 is 0. The van der Waals surface area contributed by atoms with E-state index >= 15 is 0 Å². The van der Waals surface area contributed by atoms with Crippen molar-refractivity contribution >= 4 is 5.97 Å². The third-order valence-corrected chi connectivity index (χ3v) is 4.73. The van der Waals surface area contributed by atoms with Crippen molar-refractivity contribution in [3.8, 4) is 0 Å². The predicted octanol–water partition coefficient (Wildman–Crippen LogP) is 3.53. The summed E-state index contributed by atoms with van der Waals surface area (Å²) in [6.07, 6.45) is 2.72. The highest BCUT2D eigenvalue weighted by Gasteiger charge is 2.54. The zero-order valence-electron chi connectivity index (χ0n) is 10.8. The van der Waals surface area contributed by atoms with E-state index in [9.17, 15) is 9.90 Å². The van der Waals surface area contributed by atoms with Crippen LogP contribution in [-0.2, 0) is 10.2 Å². The van der Waals surface area contributed by atoms with E-state index in [1.165, 1.54) is 5.56 Å². The van der Waals surface area contributed by atoms with Crippen LogP contribution < -0.4 is 0 Å². The van der Waals surface area contributed by atoms with Gasteiger partial charge in [0.05, 0.1) is 5.41 Å². The maximum absolute atomic E-state index is 11.6. The molecule has 0 amide bonds. The molecular formula is C15H20O2. The smallest absolute Gasteiger partial charge is 0.310 e. The Morgan fingerprint density at radius 2 is 1.76 bits per heavy atom. The molecule has 17 heavy (non-hydrogen) atoms. The van der Waals surface area contributed by atoms with Gasteiger partial charge in [-0.3, -0.25) is 4.79 Å². The van der Waals surface area contributed by atoms with Crippen LogP contribution in [0, 0.1) is 12.3 Å². The zero-order valence-corrected chi connectivity index (χ0v) is 10.8. The molecule has 1 aromatic carbocycles.